The summed E-state index contributed by atoms with van der Waals surface area (Å²) in [6.45, 7) is 2.37. The summed E-state index contributed by atoms with van der Waals surface area (Å²) in [6.07, 6.45) is -1.27. The van der Waals surface area contributed by atoms with Crippen molar-refractivity contribution in [2.24, 2.45) is 22.5 Å². The SMILES string of the molecule is NCCC1CCN(C(=O)NC[C@@]23CNC[C@]2(C(F)(F)F)C3)CC1. The van der Waals surface area contributed by atoms with Crippen LogP contribution in [-0.4, -0.2) is 56.4 Å². The average Bonchev–Trinajstić information content (AvgIpc) is 3.03. The molecule has 2 aliphatic heterocycles. The van der Waals surface area contributed by atoms with Crippen molar-refractivity contribution in [3.05, 3.63) is 0 Å². The maximum Gasteiger partial charge on any atom is 0.396 e. The van der Waals surface area contributed by atoms with Crippen LogP contribution in [0.15, 0.2) is 0 Å². The van der Waals surface area contributed by atoms with Crippen molar-refractivity contribution in [1.29, 1.82) is 0 Å². The molecule has 8 heteroatoms. The van der Waals surface area contributed by atoms with Crippen LogP contribution in [0.25, 0.3) is 0 Å². The molecule has 132 valence electrons. The van der Waals surface area contributed by atoms with Gasteiger partial charge in [0, 0.05) is 38.1 Å². The number of halogens is 3. The van der Waals surface area contributed by atoms with Crippen molar-refractivity contribution in [2.45, 2.75) is 31.9 Å². The van der Waals surface area contributed by atoms with E-state index in [1.54, 1.807) is 4.90 Å². The van der Waals surface area contributed by atoms with E-state index in [1.807, 2.05) is 0 Å². The second kappa shape index (κ2) is 5.81. The summed E-state index contributed by atoms with van der Waals surface area (Å²) in [5.74, 6) is 0.558. The molecule has 0 radical (unpaired) electrons. The van der Waals surface area contributed by atoms with Crippen molar-refractivity contribution in [1.82, 2.24) is 15.5 Å². The highest BCUT2D eigenvalue weighted by Crippen LogP contribution is 2.72. The number of nitrogens with two attached hydrogens (primary N) is 1. The zero-order valence-electron chi connectivity index (χ0n) is 13.2. The van der Waals surface area contributed by atoms with Crippen LogP contribution in [0.1, 0.15) is 25.7 Å². The van der Waals surface area contributed by atoms with Crippen LogP contribution >= 0.6 is 0 Å². The monoisotopic (exact) mass is 334 g/mol. The molecule has 2 amide bonds. The van der Waals surface area contributed by atoms with Crippen LogP contribution in [0.2, 0.25) is 0 Å². The molecule has 1 saturated carbocycles. The molecule has 4 N–H and O–H groups in total. The molecule has 3 aliphatic rings. The Morgan fingerprint density at radius 2 is 2.00 bits per heavy atom. The quantitative estimate of drug-likeness (QED) is 0.726. The normalized spacial score (nSPS) is 34.3. The lowest BCUT2D eigenvalue weighted by molar-refractivity contribution is -0.190. The number of rotatable bonds is 4. The second-order valence-corrected chi connectivity index (χ2v) is 7.31. The van der Waals surface area contributed by atoms with Crippen LogP contribution in [0, 0.1) is 16.7 Å². The molecule has 3 fully saturated rings. The van der Waals surface area contributed by atoms with E-state index in [-0.39, 0.29) is 25.5 Å². The van der Waals surface area contributed by atoms with E-state index in [0.717, 1.165) is 19.3 Å². The molecule has 2 heterocycles. The van der Waals surface area contributed by atoms with E-state index in [2.05, 4.69) is 10.6 Å². The summed E-state index contributed by atoms with van der Waals surface area (Å²) >= 11 is 0. The highest BCUT2D eigenvalue weighted by atomic mass is 19.4. The van der Waals surface area contributed by atoms with E-state index in [9.17, 15) is 18.0 Å². The van der Waals surface area contributed by atoms with Crippen molar-refractivity contribution in [3.63, 3.8) is 0 Å². The van der Waals surface area contributed by atoms with E-state index < -0.39 is 17.0 Å². The lowest BCUT2D eigenvalue weighted by atomic mass is 9.94. The van der Waals surface area contributed by atoms with Gasteiger partial charge in [-0.2, -0.15) is 13.2 Å². The maximum absolute atomic E-state index is 13.3. The van der Waals surface area contributed by atoms with Crippen LogP contribution in [0.3, 0.4) is 0 Å². The molecule has 0 aromatic carbocycles. The number of likely N-dealkylation sites (tertiary alicyclic amines) is 1. The van der Waals surface area contributed by atoms with Gasteiger partial charge >= 0.3 is 12.2 Å². The molecular formula is C15H25F3N4O. The Labute approximate surface area is 134 Å². The number of carbonyl (C=O) groups is 1. The first-order valence-corrected chi connectivity index (χ1v) is 8.34. The third kappa shape index (κ3) is 2.80. The first-order chi connectivity index (χ1) is 10.8. The Morgan fingerprint density at radius 3 is 2.57 bits per heavy atom. The fourth-order valence-corrected chi connectivity index (χ4v) is 4.34. The molecule has 0 bridgehead atoms. The average molecular weight is 334 g/mol. The Morgan fingerprint density at radius 1 is 1.30 bits per heavy atom. The number of amides is 2. The van der Waals surface area contributed by atoms with Crippen molar-refractivity contribution >= 4 is 6.03 Å². The van der Waals surface area contributed by atoms with Gasteiger partial charge in [-0.05, 0) is 38.1 Å². The Kier molecular flexibility index (Phi) is 4.25. The molecule has 0 unspecified atom stereocenters. The van der Waals surface area contributed by atoms with Crippen LogP contribution < -0.4 is 16.4 Å². The molecule has 2 saturated heterocycles. The van der Waals surface area contributed by atoms with Gasteiger partial charge in [0.1, 0.15) is 0 Å². The topological polar surface area (TPSA) is 70.4 Å². The van der Waals surface area contributed by atoms with Gasteiger partial charge in [0.05, 0.1) is 5.41 Å². The van der Waals surface area contributed by atoms with Gasteiger partial charge in [-0.15, -0.1) is 0 Å². The zero-order valence-corrected chi connectivity index (χ0v) is 13.2. The molecule has 1 aliphatic carbocycles. The summed E-state index contributed by atoms with van der Waals surface area (Å²) < 4.78 is 39.8. The number of carbonyl (C=O) groups excluding carboxylic acids is 1. The second-order valence-electron chi connectivity index (χ2n) is 7.31. The third-order valence-electron chi connectivity index (χ3n) is 6.02. The molecule has 0 aromatic heterocycles. The lowest BCUT2D eigenvalue weighted by Gasteiger charge is -2.32. The number of nitrogens with zero attached hydrogens (tertiary/aromatic N) is 1. The molecule has 5 nitrogen and oxygen atoms in total. The number of alkyl halides is 3. The zero-order chi connectivity index (χ0) is 16.7. The molecule has 23 heavy (non-hydrogen) atoms. The molecule has 0 aromatic rings. The predicted octanol–water partition coefficient (Wildman–Crippen LogP) is 1.30. The molecule has 0 spiro atoms. The Hall–Kier alpha value is -1.02. The molecule has 2 atom stereocenters. The number of nitrogens with one attached hydrogen (secondary N) is 2. The molecule has 3 rings (SSSR count). The summed E-state index contributed by atoms with van der Waals surface area (Å²) in [7, 11) is 0. The minimum absolute atomic E-state index is 0.0309. The van der Waals surface area contributed by atoms with Gasteiger partial charge < -0.3 is 21.3 Å². The van der Waals surface area contributed by atoms with Gasteiger partial charge in [-0.25, -0.2) is 4.79 Å². The van der Waals surface area contributed by atoms with Crippen LogP contribution in [0.5, 0.6) is 0 Å². The van der Waals surface area contributed by atoms with Gasteiger partial charge in [0.25, 0.3) is 0 Å². The minimum atomic E-state index is -4.21. The van der Waals surface area contributed by atoms with Crippen molar-refractivity contribution < 1.29 is 18.0 Å². The fraction of sp³-hybridized carbons (Fsp3) is 0.933. The standard InChI is InChI=1S/C15H25F3N4O/c16-15(17,18)14-7-13(14,8-20-10-14)9-21-12(23)22-5-2-11(1-4-19)3-6-22/h11,20H,1-10,19H2,(H,21,23)/t13-,14-/m1/s1. The third-order valence-corrected chi connectivity index (χ3v) is 6.02. The molecular weight excluding hydrogens is 309 g/mol. The van der Waals surface area contributed by atoms with E-state index >= 15 is 0 Å². The smallest absolute Gasteiger partial charge is 0.337 e. The number of fused-ring (bicyclic) bond motifs is 1. The van der Waals surface area contributed by atoms with Crippen molar-refractivity contribution in [2.75, 3.05) is 39.3 Å². The summed E-state index contributed by atoms with van der Waals surface area (Å²) in [6, 6.07) is -0.236. The van der Waals surface area contributed by atoms with Crippen LogP contribution in [-0.2, 0) is 0 Å². The van der Waals surface area contributed by atoms with Gasteiger partial charge in [-0.1, -0.05) is 0 Å². The summed E-state index contributed by atoms with van der Waals surface area (Å²) in [5, 5.41) is 5.58. The summed E-state index contributed by atoms with van der Waals surface area (Å²) in [5.41, 5.74) is 3.06. The largest absolute Gasteiger partial charge is 0.396 e. The number of hydrogen-bond donors (Lipinski definition) is 3. The summed E-state index contributed by atoms with van der Waals surface area (Å²) in [4.78, 5) is 13.9. The van der Waals surface area contributed by atoms with Gasteiger partial charge in [0.15, 0.2) is 0 Å². The minimum Gasteiger partial charge on any atom is -0.337 e. The number of urea groups is 1. The maximum atomic E-state index is 13.3. The highest BCUT2D eigenvalue weighted by molar-refractivity contribution is 5.74. The highest BCUT2D eigenvalue weighted by Gasteiger charge is 2.81. The number of piperidine rings is 2. The van der Waals surface area contributed by atoms with Gasteiger partial charge in [-0.3, -0.25) is 0 Å². The fourth-order valence-electron chi connectivity index (χ4n) is 4.34. The lowest BCUT2D eigenvalue weighted by Crippen LogP contribution is -2.47. The first-order valence-electron chi connectivity index (χ1n) is 8.34. The predicted molar refractivity (Wildman–Crippen MR) is 79.8 cm³/mol. The van der Waals surface area contributed by atoms with Crippen molar-refractivity contribution in [3.8, 4) is 0 Å². The van der Waals surface area contributed by atoms with E-state index in [1.165, 1.54) is 0 Å². The van der Waals surface area contributed by atoms with E-state index in [4.69, 9.17) is 5.73 Å². The van der Waals surface area contributed by atoms with E-state index in [0.29, 0.717) is 32.1 Å². The Balaban J connectivity index is 1.49. The first kappa shape index (κ1) is 16.8. The Bertz CT molecular complexity index is 464. The van der Waals surface area contributed by atoms with Crippen LogP contribution in [0.4, 0.5) is 18.0 Å². The van der Waals surface area contributed by atoms with Gasteiger partial charge in [0.2, 0.25) is 0 Å². The number of hydrogen-bond acceptors (Lipinski definition) is 3.